The second-order valence-corrected chi connectivity index (χ2v) is 5.29. The van der Waals surface area contributed by atoms with Gasteiger partial charge in [-0.2, -0.15) is 5.26 Å². The number of carbonyl (C=O) groups excluding carboxylic acids is 1. The number of nitriles is 1. The van der Waals surface area contributed by atoms with E-state index in [1.54, 1.807) is 12.1 Å². The van der Waals surface area contributed by atoms with Gasteiger partial charge >= 0.3 is 0 Å². The van der Waals surface area contributed by atoms with Crippen molar-refractivity contribution in [2.24, 2.45) is 0 Å². The van der Waals surface area contributed by atoms with E-state index in [9.17, 15) is 4.79 Å². The summed E-state index contributed by atoms with van der Waals surface area (Å²) in [4.78, 5) is 14.3. The number of benzene rings is 1. The molecule has 1 amide bonds. The molecule has 0 aromatic heterocycles. The van der Waals surface area contributed by atoms with Crippen molar-refractivity contribution >= 4 is 11.6 Å². The van der Waals surface area contributed by atoms with Crippen LogP contribution in [-0.4, -0.2) is 24.5 Å². The van der Waals surface area contributed by atoms with Gasteiger partial charge < -0.3 is 10.2 Å². The molecule has 1 saturated carbocycles. The van der Waals surface area contributed by atoms with Gasteiger partial charge in [-0.05, 0) is 43.9 Å². The predicted molar refractivity (Wildman–Crippen MR) is 72.7 cm³/mol. The lowest BCUT2D eigenvalue weighted by Gasteiger charge is -2.33. The number of hydrogen-bond acceptors (Lipinski definition) is 3. The summed E-state index contributed by atoms with van der Waals surface area (Å²) in [5.41, 5.74) is 1.44. The second-order valence-electron chi connectivity index (χ2n) is 5.29. The normalized spacial score (nSPS) is 23.2. The van der Waals surface area contributed by atoms with Gasteiger partial charge in [0.2, 0.25) is 5.91 Å². The molecule has 1 aliphatic carbocycles. The van der Waals surface area contributed by atoms with E-state index in [2.05, 4.69) is 11.4 Å². The predicted octanol–water partition coefficient (Wildman–Crippen LogP) is 1.81. The number of amides is 1. The number of piperidine rings is 1. The summed E-state index contributed by atoms with van der Waals surface area (Å²) in [7, 11) is 0. The molecule has 98 valence electrons. The van der Waals surface area contributed by atoms with Crippen LogP contribution in [0.5, 0.6) is 0 Å². The van der Waals surface area contributed by atoms with E-state index in [4.69, 9.17) is 5.26 Å². The number of carbonyl (C=O) groups is 1. The first-order valence-electron chi connectivity index (χ1n) is 6.85. The highest BCUT2D eigenvalue weighted by Crippen LogP contribution is 2.25. The third-order valence-electron chi connectivity index (χ3n) is 3.74. The molecule has 4 heteroatoms. The summed E-state index contributed by atoms with van der Waals surface area (Å²) in [6, 6.07) is 9.90. The third-order valence-corrected chi connectivity index (χ3v) is 3.74. The molecule has 1 saturated heterocycles. The topological polar surface area (TPSA) is 56.1 Å². The SMILES string of the molecule is N#Cc1cccc(N2CCCC(NC3CC3)C2=O)c1. The van der Waals surface area contributed by atoms with Crippen LogP contribution in [0.15, 0.2) is 24.3 Å². The molecule has 2 fully saturated rings. The molecular formula is C15H17N3O. The monoisotopic (exact) mass is 255 g/mol. The van der Waals surface area contributed by atoms with Crippen molar-refractivity contribution in [3.05, 3.63) is 29.8 Å². The average Bonchev–Trinajstić information content (AvgIpc) is 3.25. The van der Waals surface area contributed by atoms with Crippen LogP contribution in [0, 0.1) is 11.3 Å². The van der Waals surface area contributed by atoms with Gasteiger partial charge in [0.25, 0.3) is 0 Å². The number of nitrogens with zero attached hydrogens (tertiary/aromatic N) is 2. The highest BCUT2D eigenvalue weighted by atomic mass is 16.2. The first-order chi connectivity index (χ1) is 9.28. The van der Waals surface area contributed by atoms with Gasteiger partial charge in [0.05, 0.1) is 17.7 Å². The summed E-state index contributed by atoms with van der Waals surface area (Å²) < 4.78 is 0. The van der Waals surface area contributed by atoms with Crippen LogP contribution in [0.4, 0.5) is 5.69 Å². The maximum absolute atomic E-state index is 12.5. The Hall–Kier alpha value is -1.86. The average molecular weight is 255 g/mol. The Morgan fingerprint density at radius 3 is 2.89 bits per heavy atom. The standard InChI is InChI=1S/C15H17N3O/c16-10-11-3-1-4-13(9-11)18-8-2-5-14(15(18)19)17-12-6-7-12/h1,3-4,9,12,14,17H,2,5-8H2. The molecule has 2 aliphatic rings. The fourth-order valence-corrected chi connectivity index (χ4v) is 2.56. The van der Waals surface area contributed by atoms with E-state index >= 15 is 0 Å². The molecule has 4 nitrogen and oxygen atoms in total. The van der Waals surface area contributed by atoms with E-state index < -0.39 is 0 Å². The van der Waals surface area contributed by atoms with E-state index in [1.807, 2.05) is 17.0 Å². The fraction of sp³-hybridized carbons (Fsp3) is 0.467. The maximum atomic E-state index is 12.5. The number of rotatable bonds is 3. The van der Waals surface area contributed by atoms with Crippen molar-refractivity contribution in [3.63, 3.8) is 0 Å². The van der Waals surface area contributed by atoms with Gasteiger partial charge in [0.1, 0.15) is 0 Å². The number of hydrogen-bond donors (Lipinski definition) is 1. The van der Waals surface area contributed by atoms with Crippen LogP contribution in [0.25, 0.3) is 0 Å². The lowest BCUT2D eigenvalue weighted by molar-refractivity contribution is -0.121. The van der Waals surface area contributed by atoms with Gasteiger partial charge in [-0.1, -0.05) is 6.07 Å². The Morgan fingerprint density at radius 1 is 1.32 bits per heavy atom. The molecular weight excluding hydrogens is 238 g/mol. The van der Waals surface area contributed by atoms with Crippen molar-refractivity contribution in [2.45, 2.75) is 37.8 Å². The van der Waals surface area contributed by atoms with E-state index in [0.717, 1.165) is 25.1 Å². The molecule has 1 aliphatic heterocycles. The molecule has 1 aromatic rings. The molecule has 19 heavy (non-hydrogen) atoms. The van der Waals surface area contributed by atoms with Crippen LogP contribution in [-0.2, 0) is 4.79 Å². The van der Waals surface area contributed by atoms with Gasteiger partial charge in [-0.3, -0.25) is 4.79 Å². The van der Waals surface area contributed by atoms with Gasteiger partial charge in [-0.15, -0.1) is 0 Å². The van der Waals surface area contributed by atoms with E-state index in [-0.39, 0.29) is 11.9 Å². The summed E-state index contributed by atoms with van der Waals surface area (Å²) in [5.74, 6) is 0.147. The van der Waals surface area contributed by atoms with Crippen LogP contribution in [0.3, 0.4) is 0 Å². The third kappa shape index (κ3) is 2.61. The molecule has 1 atom stereocenters. The van der Waals surface area contributed by atoms with Crippen LogP contribution >= 0.6 is 0 Å². The zero-order valence-electron chi connectivity index (χ0n) is 10.8. The van der Waals surface area contributed by atoms with Crippen molar-refractivity contribution in [2.75, 3.05) is 11.4 Å². The van der Waals surface area contributed by atoms with Gasteiger partial charge in [0.15, 0.2) is 0 Å². The van der Waals surface area contributed by atoms with E-state index in [0.29, 0.717) is 11.6 Å². The second kappa shape index (κ2) is 5.02. The minimum absolute atomic E-state index is 0.0491. The molecule has 0 spiro atoms. The minimum atomic E-state index is -0.0491. The number of nitrogens with one attached hydrogen (secondary N) is 1. The molecule has 0 radical (unpaired) electrons. The Labute approximate surface area is 113 Å². The molecule has 0 bridgehead atoms. The smallest absolute Gasteiger partial charge is 0.244 e. The maximum Gasteiger partial charge on any atom is 0.244 e. The Balaban J connectivity index is 1.78. The molecule has 1 heterocycles. The van der Waals surface area contributed by atoms with Crippen LogP contribution in [0.2, 0.25) is 0 Å². The fourth-order valence-electron chi connectivity index (χ4n) is 2.56. The van der Waals surface area contributed by atoms with Gasteiger partial charge in [-0.25, -0.2) is 0 Å². The quantitative estimate of drug-likeness (QED) is 0.896. The van der Waals surface area contributed by atoms with Crippen molar-refractivity contribution in [1.29, 1.82) is 5.26 Å². The first kappa shape index (κ1) is 12.2. The Bertz CT molecular complexity index is 530. The summed E-state index contributed by atoms with van der Waals surface area (Å²) in [6.07, 6.45) is 4.30. The van der Waals surface area contributed by atoms with Crippen LogP contribution in [0.1, 0.15) is 31.2 Å². The van der Waals surface area contributed by atoms with Crippen LogP contribution < -0.4 is 10.2 Å². The lowest BCUT2D eigenvalue weighted by Crippen LogP contribution is -2.51. The number of anilines is 1. The van der Waals surface area contributed by atoms with Crippen molar-refractivity contribution in [3.8, 4) is 6.07 Å². The molecule has 1 N–H and O–H groups in total. The molecule has 1 aromatic carbocycles. The summed E-state index contributed by atoms with van der Waals surface area (Å²) >= 11 is 0. The zero-order valence-corrected chi connectivity index (χ0v) is 10.8. The Morgan fingerprint density at radius 2 is 2.16 bits per heavy atom. The lowest BCUT2D eigenvalue weighted by atomic mass is 10.0. The molecule has 1 unspecified atom stereocenters. The van der Waals surface area contributed by atoms with Gasteiger partial charge in [0, 0.05) is 18.3 Å². The highest BCUT2D eigenvalue weighted by molar-refractivity contribution is 5.98. The van der Waals surface area contributed by atoms with E-state index in [1.165, 1.54) is 12.8 Å². The zero-order chi connectivity index (χ0) is 13.2. The summed E-state index contributed by atoms with van der Waals surface area (Å²) in [5, 5.41) is 12.4. The summed E-state index contributed by atoms with van der Waals surface area (Å²) in [6.45, 7) is 0.747. The first-order valence-corrected chi connectivity index (χ1v) is 6.85. The van der Waals surface area contributed by atoms with Crippen molar-refractivity contribution < 1.29 is 4.79 Å². The Kier molecular flexibility index (Phi) is 3.22. The highest BCUT2D eigenvalue weighted by Gasteiger charge is 2.33. The molecule has 3 rings (SSSR count). The van der Waals surface area contributed by atoms with Crippen molar-refractivity contribution in [1.82, 2.24) is 5.32 Å². The largest absolute Gasteiger partial charge is 0.311 e. The minimum Gasteiger partial charge on any atom is -0.311 e.